The molecule has 3 atom stereocenters. The van der Waals surface area contributed by atoms with E-state index in [1.54, 1.807) is 12.3 Å². The number of Topliss-reactive ketones (excluding diaryl/α,β-unsaturated/α-hetero) is 1. The number of ether oxygens (including phenoxy) is 1. The van der Waals surface area contributed by atoms with E-state index >= 15 is 0 Å². The molecule has 0 radical (unpaired) electrons. The highest BCUT2D eigenvalue weighted by Gasteiger charge is 2.43. The van der Waals surface area contributed by atoms with Gasteiger partial charge in [-0.3, -0.25) is 4.79 Å². The molecule has 28 heavy (non-hydrogen) atoms. The molecule has 0 unspecified atom stereocenters. The quantitative estimate of drug-likeness (QED) is 0.759. The van der Waals surface area contributed by atoms with Crippen molar-refractivity contribution in [2.75, 3.05) is 13.1 Å². The molecule has 4 rings (SSSR count). The van der Waals surface area contributed by atoms with Crippen LogP contribution in [-0.4, -0.2) is 45.7 Å². The van der Waals surface area contributed by atoms with E-state index in [-0.39, 0.29) is 17.9 Å². The molecule has 1 saturated heterocycles. The van der Waals surface area contributed by atoms with Gasteiger partial charge in [-0.15, -0.1) is 0 Å². The zero-order valence-electron chi connectivity index (χ0n) is 16.7. The Morgan fingerprint density at radius 2 is 1.86 bits per heavy atom. The monoisotopic (exact) mass is 381 g/mol. The summed E-state index contributed by atoms with van der Waals surface area (Å²) in [5.41, 5.74) is 4.19. The van der Waals surface area contributed by atoms with Gasteiger partial charge in [-0.1, -0.05) is 18.2 Å². The van der Waals surface area contributed by atoms with Gasteiger partial charge in [0.05, 0.1) is 12.7 Å². The number of hydrogen-bond donors (Lipinski definition) is 0. The van der Waals surface area contributed by atoms with Crippen molar-refractivity contribution in [2.24, 2.45) is 11.8 Å². The van der Waals surface area contributed by atoms with Gasteiger partial charge in [0.25, 0.3) is 0 Å². The smallest absolute Gasteiger partial charge is 0.344 e. The van der Waals surface area contributed by atoms with Crippen LogP contribution in [0, 0.1) is 25.7 Å². The minimum Gasteiger partial charge on any atom is -0.374 e. The van der Waals surface area contributed by atoms with E-state index in [9.17, 15) is 9.59 Å². The molecule has 6 nitrogen and oxygen atoms in total. The van der Waals surface area contributed by atoms with E-state index in [4.69, 9.17) is 4.74 Å². The lowest BCUT2D eigenvalue weighted by Crippen LogP contribution is -2.34. The maximum atomic E-state index is 12.7. The molecule has 6 heteroatoms. The third kappa shape index (κ3) is 3.61. The number of aromatic nitrogens is 2. The summed E-state index contributed by atoms with van der Waals surface area (Å²) < 4.78 is 7.50. The van der Waals surface area contributed by atoms with E-state index in [0.717, 1.165) is 25.9 Å². The number of carbonyl (C=O) groups excluding carboxylic acids is 2. The van der Waals surface area contributed by atoms with Crippen LogP contribution in [0.4, 0.5) is 4.79 Å². The van der Waals surface area contributed by atoms with E-state index in [1.165, 1.54) is 28.3 Å². The van der Waals surface area contributed by atoms with Crippen LogP contribution in [-0.2, 0) is 11.3 Å². The molecular formula is C22H27N3O3. The van der Waals surface area contributed by atoms with Gasteiger partial charge < -0.3 is 9.64 Å². The minimum absolute atomic E-state index is 0.131. The summed E-state index contributed by atoms with van der Waals surface area (Å²) >= 11 is 0. The first kappa shape index (κ1) is 18.9. The number of hydrogen-bond acceptors (Lipinski definition) is 4. The van der Waals surface area contributed by atoms with Gasteiger partial charge in [0.1, 0.15) is 5.69 Å². The Kier molecular flexibility index (Phi) is 5.06. The lowest BCUT2D eigenvalue weighted by molar-refractivity contribution is 0.0380. The molecule has 1 aromatic heterocycles. The molecule has 1 amide bonds. The standard InChI is InChI=1S/C22H27N3O3/c1-14-5-4-6-17(15(14)2)13-28-20-9-18-11-24(12-19(18)10-20)22(27)25-8-7-21(23-25)16(3)26/h4-8,18-20H,9-13H2,1-3H3/t18-,19+,20+. The summed E-state index contributed by atoms with van der Waals surface area (Å²) in [4.78, 5) is 25.9. The second kappa shape index (κ2) is 7.51. The maximum Gasteiger partial charge on any atom is 0.344 e. The Morgan fingerprint density at radius 3 is 2.50 bits per heavy atom. The van der Waals surface area contributed by atoms with Crippen molar-refractivity contribution in [3.63, 3.8) is 0 Å². The topological polar surface area (TPSA) is 64.4 Å². The predicted octanol–water partition coefficient (Wildman–Crippen LogP) is 3.60. The second-order valence-electron chi connectivity index (χ2n) is 8.17. The summed E-state index contributed by atoms with van der Waals surface area (Å²) in [7, 11) is 0. The molecule has 1 saturated carbocycles. The average molecular weight is 381 g/mol. The first-order valence-corrected chi connectivity index (χ1v) is 9.95. The van der Waals surface area contributed by atoms with E-state index < -0.39 is 0 Å². The second-order valence-corrected chi connectivity index (χ2v) is 8.17. The van der Waals surface area contributed by atoms with Gasteiger partial charge in [-0.25, -0.2) is 4.79 Å². The number of benzene rings is 1. The van der Waals surface area contributed by atoms with Crippen LogP contribution in [0.25, 0.3) is 0 Å². The van der Waals surface area contributed by atoms with Gasteiger partial charge in [0.2, 0.25) is 0 Å². The molecule has 1 aliphatic heterocycles. The Morgan fingerprint density at radius 1 is 1.14 bits per heavy atom. The zero-order chi connectivity index (χ0) is 19.8. The molecule has 0 N–H and O–H groups in total. The molecule has 0 bridgehead atoms. The largest absolute Gasteiger partial charge is 0.374 e. The first-order chi connectivity index (χ1) is 13.4. The minimum atomic E-state index is -0.144. The van der Waals surface area contributed by atoms with Crippen LogP contribution in [0.3, 0.4) is 0 Å². The lowest BCUT2D eigenvalue weighted by Gasteiger charge is -2.19. The molecule has 148 valence electrons. The third-order valence-corrected chi connectivity index (χ3v) is 6.32. The Balaban J connectivity index is 1.31. The van der Waals surface area contributed by atoms with Crippen molar-refractivity contribution >= 4 is 11.8 Å². The number of fused-ring (bicyclic) bond motifs is 1. The van der Waals surface area contributed by atoms with Gasteiger partial charge in [0.15, 0.2) is 5.78 Å². The molecule has 0 spiro atoms. The van der Waals surface area contributed by atoms with Crippen LogP contribution in [0.1, 0.15) is 46.9 Å². The number of ketones is 1. The van der Waals surface area contributed by atoms with Gasteiger partial charge >= 0.3 is 6.03 Å². The van der Waals surface area contributed by atoms with Crippen molar-refractivity contribution in [2.45, 2.75) is 46.3 Å². The number of likely N-dealkylation sites (tertiary alicyclic amines) is 1. The Labute approximate surface area is 165 Å². The SMILES string of the molecule is CC(=O)c1ccn(C(=O)N2C[C@H]3C[C@H](OCc4cccc(C)c4C)C[C@H]3C2)n1. The zero-order valence-corrected chi connectivity index (χ0v) is 16.7. The van der Waals surface area contributed by atoms with Crippen molar-refractivity contribution in [1.29, 1.82) is 0 Å². The number of amides is 1. The molecule has 1 aromatic carbocycles. The lowest BCUT2D eigenvalue weighted by atomic mass is 10.0. The summed E-state index contributed by atoms with van der Waals surface area (Å²) in [6.07, 6.45) is 3.83. The molecule has 2 heterocycles. The van der Waals surface area contributed by atoms with Crippen molar-refractivity contribution in [3.05, 3.63) is 52.8 Å². The number of carbonyl (C=O) groups is 2. The summed E-state index contributed by atoms with van der Waals surface area (Å²) in [6, 6.07) is 7.80. The van der Waals surface area contributed by atoms with Crippen molar-refractivity contribution < 1.29 is 14.3 Å². The molecule has 2 aliphatic rings. The van der Waals surface area contributed by atoms with Crippen LogP contribution >= 0.6 is 0 Å². The summed E-state index contributed by atoms with van der Waals surface area (Å²) in [5, 5.41) is 4.09. The van der Waals surface area contributed by atoms with Gasteiger partial charge in [-0.05, 0) is 61.3 Å². The number of aryl methyl sites for hydroxylation is 1. The average Bonchev–Trinajstić information content (AvgIpc) is 3.36. The Hall–Kier alpha value is -2.47. The highest BCUT2D eigenvalue weighted by atomic mass is 16.5. The predicted molar refractivity (Wildman–Crippen MR) is 105 cm³/mol. The van der Waals surface area contributed by atoms with Crippen LogP contribution in [0.15, 0.2) is 30.5 Å². The number of rotatable bonds is 4. The van der Waals surface area contributed by atoms with Crippen molar-refractivity contribution in [1.82, 2.24) is 14.7 Å². The van der Waals surface area contributed by atoms with Gasteiger partial charge in [-0.2, -0.15) is 9.78 Å². The Bertz CT molecular complexity index is 890. The third-order valence-electron chi connectivity index (χ3n) is 6.32. The fraction of sp³-hybridized carbons (Fsp3) is 0.500. The van der Waals surface area contributed by atoms with Crippen LogP contribution in [0.2, 0.25) is 0 Å². The number of nitrogens with zero attached hydrogens (tertiary/aromatic N) is 3. The molecular weight excluding hydrogens is 354 g/mol. The summed E-state index contributed by atoms with van der Waals surface area (Å²) in [5.74, 6) is 0.833. The first-order valence-electron chi connectivity index (χ1n) is 9.95. The summed E-state index contributed by atoms with van der Waals surface area (Å²) in [6.45, 7) is 7.86. The molecule has 1 aliphatic carbocycles. The van der Waals surface area contributed by atoms with Gasteiger partial charge in [0, 0.05) is 26.2 Å². The van der Waals surface area contributed by atoms with E-state index in [0.29, 0.717) is 24.1 Å². The fourth-order valence-electron chi connectivity index (χ4n) is 4.48. The van der Waals surface area contributed by atoms with E-state index in [2.05, 4.69) is 37.1 Å². The fourth-order valence-corrected chi connectivity index (χ4v) is 4.48. The van der Waals surface area contributed by atoms with Crippen LogP contribution < -0.4 is 0 Å². The highest BCUT2D eigenvalue weighted by Crippen LogP contribution is 2.40. The highest BCUT2D eigenvalue weighted by molar-refractivity contribution is 5.92. The molecule has 2 fully saturated rings. The molecule has 2 aromatic rings. The van der Waals surface area contributed by atoms with Crippen LogP contribution in [0.5, 0.6) is 0 Å². The van der Waals surface area contributed by atoms with Crippen molar-refractivity contribution in [3.8, 4) is 0 Å². The van der Waals surface area contributed by atoms with E-state index in [1.807, 2.05) is 4.90 Å². The normalized spacial score (nSPS) is 23.8. The maximum absolute atomic E-state index is 12.7.